The van der Waals surface area contributed by atoms with Crippen LogP contribution in [0.4, 0.5) is 0 Å². The summed E-state index contributed by atoms with van der Waals surface area (Å²) in [6, 6.07) is 8.47. The first-order valence-corrected chi connectivity index (χ1v) is 9.73. The average molecular weight is 379 g/mol. The lowest BCUT2D eigenvalue weighted by atomic mass is 9.91. The second-order valence-corrected chi connectivity index (χ2v) is 7.55. The van der Waals surface area contributed by atoms with E-state index in [0.29, 0.717) is 12.5 Å². The first-order valence-electron chi connectivity index (χ1n) is 9.73. The molecule has 0 saturated heterocycles. The molecule has 8 nitrogen and oxygen atoms in total. The highest BCUT2D eigenvalue weighted by atomic mass is 16.1. The van der Waals surface area contributed by atoms with Crippen LogP contribution in [0.5, 0.6) is 0 Å². The molecule has 8 heteroatoms. The van der Waals surface area contributed by atoms with Gasteiger partial charge < -0.3 is 5.32 Å². The number of aryl methyl sites for hydroxylation is 2. The SMILES string of the molecule is Cc1cnn(C2CCC(NC(=O)Cc3ccc(-n4nnnc4C)cc3)CC2)c1. The van der Waals surface area contributed by atoms with E-state index in [-0.39, 0.29) is 11.9 Å². The van der Waals surface area contributed by atoms with Gasteiger partial charge in [-0.15, -0.1) is 5.10 Å². The summed E-state index contributed by atoms with van der Waals surface area (Å²) in [4.78, 5) is 12.4. The van der Waals surface area contributed by atoms with E-state index in [4.69, 9.17) is 0 Å². The van der Waals surface area contributed by atoms with Crippen molar-refractivity contribution in [2.75, 3.05) is 0 Å². The Kier molecular flexibility index (Phi) is 5.18. The van der Waals surface area contributed by atoms with Crippen molar-refractivity contribution in [1.82, 2.24) is 35.3 Å². The molecule has 1 fully saturated rings. The molecule has 146 valence electrons. The summed E-state index contributed by atoms with van der Waals surface area (Å²) < 4.78 is 3.74. The minimum absolute atomic E-state index is 0.0738. The predicted octanol–water partition coefficient (Wildman–Crippen LogP) is 2.32. The van der Waals surface area contributed by atoms with Crippen molar-refractivity contribution in [2.45, 2.75) is 58.0 Å². The number of carbonyl (C=O) groups excluding carboxylic acids is 1. The van der Waals surface area contributed by atoms with Gasteiger partial charge in [0.15, 0.2) is 5.82 Å². The van der Waals surface area contributed by atoms with Crippen LogP contribution in [-0.4, -0.2) is 41.9 Å². The van der Waals surface area contributed by atoms with Crippen molar-refractivity contribution in [3.63, 3.8) is 0 Å². The Morgan fingerprint density at radius 3 is 2.50 bits per heavy atom. The Morgan fingerprint density at radius 2 is 1.89 bits per heavy atom. The maximum absolute atomic E-state index is 12.4. The fraction of sp³-hybridized carbons (Fsp3) is 0.450. The maximum atomic E-state index is 12.4. The number of aromatic nitrogens is 6. The molecule has 1 aliphatic carbocycles. The molecule has 28 heavy (non-hydrogen) atoms. The summed E-state index contributed by atoms with van der Waals surface area (Å²) in [5, 5.41) is 19.1. The second kappa shape index (κ2) is 7.92. The molecule has 0 atom stereocenters. The van der Waals surface area contributed by atoms with Crippen LogP contribution in [0.1, 0.15) is 48.7 Å². The number of rotatable bonds is 5. The highest BCUT2D eigenvalue weighted by Crippen LogP contribution is 2.28. The molecule has 1 amide bonds. The molecule has 2 aromatic heterocycles. The molecule has 0 unspecified atom stereocenters. The van der Waals surface area contributed by atoms with E-state index < -0.39 is 0 Å². The number of nitrogens with zero attached hydrogens (tertiary/aromatic N) is 6. The molecule has 0 radical (unpaired) electrons. The van der Waals surface area contributed by atoms with Gasteiger partial charge in [0.25, 0.3) is 0 Å². The van der Waals surface area contributed by atoms with Gasteiger partial charge in [-0.3, -0.25) is 9.48 Å². The van der Waals surface area contributed by atoms with Crippen LogP contribution < -0.4 is 5.32 Å². The number of nitrogens with one attached hydrogen (secondary N) is 1. The van der Waals surface area contributed by atoms with Crippen molar-refractivity contribution in [3.05, 3.63) is 53.6 Å². The number of hydrogen-bond acceptors (Lipinski definition) is 5. The van der Waals surface area contributed by atoms with Gasteiger partial charge in [-0.25, -0.2) is 0 Å². The van der Waals surface area contributed by atoms with Gasteiger partial charge in [-0.05, 0) is 73.2 Å². The van der Waals surface area contributed by atoms with E-state index in [1.54, 1.807) is 4.68 Å². The van der Waals surface area contributed by atoms with Crippen LogP contribution >= 0.6 is 0 Å². The van der Waals surface area contributed by atoms with E-state index in [0.717, 1.165) is 42.8 Å². The van der Waals surface area contributed by atoms with Gasteiger partial charge in [0.05, 0.1) is 24.3 Å². The van der Waals surface area contributed by atoms with Crippen LogP contribution in [0.25, 0.3) is 5.69 Å². The molecule has 2 heterocycles. The molecular formula is C20H25N7O. The van der Waals surface area contributed by atoms with Gasteiger partial charge in [-0.2, -0.15) is 9.78 Å². The summed E-state index contributed by atoms with van der Waals surface area (Å²) in [7, 11) is 0. The molecular weight excluding hydrogens is 354 g/mol. The maximum Gasteiger partial charge on any atom is 0.224 e. The topological polar surface area (TPSA) is 90.5 Å². The Labute approximate surface area is 163 Å². The lowest BCUT2D eigenvalue weighted by Crippen LogP contribution is -2.38. The quantitative estimate of drug-likeness (QED) is 0.735. The Hall–Kier alpha value is -3.03. The average Bonchev–Trinajstić information content (AvgIpc) is 3.31. The molecule has 1 aromatic carbocycles. The van der Waals surface area contributed by atoms with E-state index in [2.05, 4.69) is 43.7 Å². The number of tetrazole rings is 1. The van der Waals surface area contributed by atoms with Gasteiger partial charge >= 0.3 is 0 Å². The minimum atomic E-state index is 0.0738. The summed E-state index contributed by atoms with van der Waals surface area (Å²) in [5.41, 5.74) is 3.06. The molecule has 4 rings (SSSR count). The van der Waals surface area contributed by atoms with Crippen molar-refractivity contribution >= 4 is 5.91 Å². The van der Waals surface area contributed by atoms with Crippen LogP contribution in [0.2, 0.25) is 0 Å². The zero-order valence-electron chi connectivity index (χ0n) is 16.2. The predicted molar refractivity (Wildman–Crippen MR) is 104 cm³/mol. The fourth-order valence-corrected chi connectivity index (χ4v) is 3.81. The Balaban J connectivity index is 1.27. The van der Waals surface area contributed by atoms with E-state index in [1.165, 1.54) is 5.56 Å². The van der Waals surface area contributed by atoms with E-state index in [9.17, 15) is 4.79 Å². The number of benzene rings is 1. The van der Waals surface area contributed by atoms with Gasteiger partial charge in [0, 0.05) is 12.2 Å². The third-order valence-electron chi connectivity index (χ3n) is 5.34. The highest BCUT2D eigenvalue weighted by molar-refractivity contribution is 5.78. The Bertz CT molecular complexity index is 936. The Morgan fingerprint density at radius 1 is 1.14 bits per heavy atom. The number of carbonyl (C=O) groups is 1. The molecule has 1 aliphatic rings. The van der Waals surface area contributed by atoms with Crippen molar-refractivity contribution in [1.29, 1.82) is 0 Å². The zero-order chi connectivity index (χ0) is 19.5. The molecule has 0 bridgehead atoms. The van der Waals surface area contributed by atoms with Crippen LogP contribution in [0.15, 0.2) is 36.7 Å². The molecule has 1 N–H and O–H groups in total. The lowest BCUT2D eigenvalue weighted by molar-refractivity contribution is -0.121. The van der Waals surface area contributed by atoms with Crippen molar-refractivity contribution in [2.24, 2.45) is 0 Å². The van der Waals surface area contributed by atoms with Crippen molar-refractivity contribution in [3.8, 4) is 5.69 Å². The van der Waals surface area contributed by atoms with Crippen LogP contribution in [-0.2, 0) is 11.2 Å². The van der Waals surface area contributed by atoms with Crippen LogP contribution in [0.3, 0.4) is 0 Å². The summed E-state index contributed by atoms with van der Waals surface area (Å²) in [6.45, 7) is 3.91. The summed E-state index contributed by atoms with van der Waals surface area (Å²) >= 11 is 0. The van der Waals surface area contributed by atoms with Gasteiger partial charge in [0.2, 0.25) is 5.91 Å². The smallest absolute Gasteiger partial charge is 0.224 e. The van der Waals surface area contributed by atoms with Gasteiger partial charge in [-0.1, -0.05) is 12.1 Å². The monoisotopic (exact) mass is 379 g/mol. The van der Waals surface area contributed by atoms with Crippen LogP contribution in [0, 0.1) is 13.8 Å². The summed E-state index contributed by atoms with van der Waals surface area (Å²) in [5.74, 6) is 0.802. The molecule has 0 aliphatic heterocycles. The lowest BCUT2D eigenvalue weighted by Gasteiger charge is -2.29. The number of amides is 1. The highest BCUT2D eigenvalue weighted by Gasteiger charge is 2.23. The summed E-state index contributed by atoms with van der Waals surface area (Å²) in [6.07, 6.45) is 8.47. The van der Waals surface area contributed by atoms with E-state index in [1.807, 2.05) is 37.4 Å². The zero-order valence-corrected chi connectivity index (χ0v) is 16.2. The van der Waals surface area contributed by atoms with E-state index >= 15 is 0 Å². The molecule has 3 aromatic rings. The largest absolute Gasteiger partial charge is 0.353 e. The third kappa shape index (κ3) is 4.11. The third-order valence-corrected chi connectivity index (χ3v) is 5.34. The van der Waals surface area contributed by atoms with Crippen molar-refractivity contribution < 1.29 is 4.79 Å². The van der Waals surface area contributed by atoms with Gasteiger partial charge in [0.1, 0.15) is 0 Å². The molecule has 1 saturated carbocycles. The normalized spacial score (nSPS) is 19.5. The minimum Gasteiger partial charge on any atom is -0.353 e. The first-order chi connectivity index (χ1) is 13.6. The second-order valence-electron chi connectivity index (χ2n) is 7.55. The number of hydrogen-bond donors (Lipinski definition) is 1. The standard InChI is InChI=1S/C20H25N7O/c1-14-12-21-26(13-14)18-9-5-17(6-10-18)22-20(28)11-16-3-7-19(8-4-16)27-15(2)23-24-25-27/h3-4,7-8,12-13,17-18H,5-6,9-11H2,1-2H3,(H,22,28). The molecule has 0 spiro atoms. The fourth-order valence-electron chi connectivity index (χ4n) is 3.81. The first kappa shape index (κ1) is 18.3.